The van der Waals surface area contributed by atoms with Crippen molar-refractivity contribution < 1.29 is 9.53 Å². The Bertz CT molecular complexity index is 566. The third kappa shape index (κ3) is 2.04. The van der Waals surface area contributed by atoms with E-state index in [-0.39, 0.29) is 5.91 Å². The summed E-state index contributed by atoms with van der Waals surface area (Å²) in [5.74, 6) is 0.491. The highest BCUT2D eigenvalue weighted by molar-refractivity contribution is 7.08. The average molecular weight is 260 g/mol. The number of benzene rings is 1. The largest absolute Gasteiger partial charge is 0.489 e. The normalized spacial score (nSPS) is 13.1. The molecule has 3 rings (SSSR count). The molecule has 2 aromatic rings. The monoisotopic (exact) mass is 260 g/mol. The third-order valence-corrected chi connectivity index (χ3v) is 3.39. The van der Waals surface area contributed by atoms with E-state index in [0.717, 1.165) is 17.9 Å². The van der Waals surface area contributed by atoms with Crippen LogP contribution in [0.1, 0.15) is 10.4 Å². The molecule has 1 amide bonds. The summed E-state index contributed by atoms with van der Waals surface area (Å²) in [5, 5.41) is 9.89. The number of anilines is 2. The van der Waals surface area contributed by atoms with Crippen molar-refractivity contribution in [3.05, 3.63) is 40.6 Å². The molecule has 0 radical (unpaired) electrons. The van der Waals surface area contributed by atoms with Gasteiger partial charge >= 0.3 is 0 Å². The first-order valence-corrected chi connectivity index (χ1v) is 6.62. The molecule has 4 nitrogen and oxygen atoms in total. The van der Waals surface area contributed by atoms with Crippen LogP contribution in [0, 0.1) is 0 Å². The molecule has 0 aliphatic carbocycles. The molecular formula is C13H12N2O2S. The van der Waals surface area contributed by atoms with Gasteiger partial charge < -0.3 is 15.4 Å². The molecule has 5 heteroatoms. The lowest BCUT2D eigenvalue weighted by Gasteiger charge is -2.21. The molecule has 92 valence electrons. The number of ether oxygens (including phenoxy) is 1. The lowest BCUT2D eigenvalue weighted by atomic mass is 10.1. The van der Waals surface area contributed by atoms with E-state index in [2.05, 4.69) is 10.6 Å². The number of para-hydroxylation sites is 1. The van der Waals surface area contributed by atoms with Crippen LogP contribution in [0.15, 0.2) is 35.0 Å². The van der Waals surface area contributed by atoms with E-state index in [9.17, 15) is 4.79 Å². The van der Waals surface area contributed by atoms with Crippen molar-refractivity contribution in [3.8, 4) is 5.75 Å². The number of nitrogens with one attached hydrogen (secondary N) is 2. The van der Waals surface area contributed by atoms with Gasteiger partial charge in [0, 0.05) is 11.9 Å². The van der Waals surface area contributed by atoms with Gasteiger partial charge in [0.05, 0.1) is 16.9 Å². The fourth-order valence-electron chi connectivity index (χ4n) is 1.88. The van der Waals surface area contributed by atoms with E-state index < -0.39 is 0 Å². The molecule has 0 fully saturated rings. The quantitative estimate of drug-likeness (QED) is 0.873. The number of amides is 1. The maximum absolute atomic E-state index is 12.2. The zero-order valence-electron chi connectivity index (χ0n) is 9.60. The Labute approximate surface area is 109 Å². The van der Waals surface area contributed by atoms with Gasteiger partial charge in [-0.15, -0.1) is 0 Å². The molecule has 0 bridgehead atoms. The first-order chi connectivity index (χ1) is 8.84. The minimum Gasteiger partial charge on any atom is -0.489 e. The number of carbonyl (C=O) groups is 1. The van der Waals surface area contributed by atoms with Gasteiger partial charge in [0.15, 0.2) is 5.75 Å². The average Bonchev–Trinajstić information content (AvgIpc) is 2.91. The molecule has 18 heavy (non-hydrogen) atoms. The first-order valence-electron chi connectivity index (χ1n) is 5.68. The summed E-state index contributed by atoms with van der Waals surface area (Å²) in [5.41, 5.74) is 2.25. The van der Waals surface area contributed by atoms with E-state index >= 15 is 0 Å². The molecule has 1 aromatic carbocycles. The molecular weight excluding hydrogens is 248 g/mol. The summed E-state index contributed by atoms with van der Waals surface area (Å²) in [7, 11) is 0. The Morgan fingerprint density at radius 3 is 3.17 bits per heavy atom. The van der Waals surface area contributed by atoms with Gasteiger partial charge in [-0.3, -0.25) is 4.79 Å². The third-order valence-electron chi connectivity index (χ3n) is 2.70. The number of hydrogen-bond acceptors (Lipinski definition) is 4. The van der Waals surface area contributed by atoms with Crippen molar-refractivity contribution >= 4 is 28.6 Å². The highest BCUT2D eigenvalue weighted by atomic mass is 32.1. The van der Waals surface area contributed by atoms with E-state index in [0.29, 0.717) is 17.9 Å². The topological polar surface area (TPSA) is 50.4 Å². The Morgan fingerprint density at radius 2 is 2.33 bits per heavy atom. The molecule has 1 aliphatic rings. The van der Waals surface area contributed by atoms with Crippen LogP contribution < -0.4 is 15.4 Å². The molecule has 0 atom stereocenters. The highest BCUT2D eigenvalue weighted by Gasteiger charge is 2.18. The zero-order valence-corrected chi connectivity index (χ0v) is 10.4. The van der Waals surface area contributed by atoms with Gasteiger partial charge in [0.2, 0.25) is 0 Å². The number of thiophene rings is 1. The number of rotatable bonds is 2. The van der Waals surface area contributed by atoms with Crippen LogP contribution >= 0.6 is 11.3 Å². The molecule has 1 aliphatic heterocycles. The first kappa shape index (κ1) is 11.1. The predicted octanol–water partition coefficient (Wildman–Crippen LogP) is 2.80. The Kier molecular flexibility index (Phi) is 2.90. The maximum atomic E-state index is 12.2. The van der Waals surface area contributed by atoms with Crippen LogP contribution in [-0.2, 0) is 0 Å². The summed E-state index contributed by atoms with van der Waals surface area (Å²) in [4.78, 5) is 12.2. The second-order valence-corrected chi connectivity index (χ2v) is 4.70. The van der Waals surface area contributed by atoms with Gasteiger partial charge in [0.1, 0.15) is 6.61 Å². The van der Waals surface area contributed by atoms with Crippen molar-refractivity contribution in [2.24, 2.45) is 0 Å². The smallest absolute Gasteiger partial charge is 0.259 e. The molecule has 0 unspecified atom stereocenters. The number of carbonyl (C=O) groups excluding carboxylic acids is 1. The standard InChI is InChI=1S/C13H12N2O2S/c16-13(15-9-4-7-18-8-9)10-2-1-3-11-12(10)17-6-5-14-11/h1-4,7-8,14H,5-6H2,(H,15,16). The van der Waals surface area contributed by atoms with Crippen LogP contribution in [0.5, 0.6) is 5.75 Å². The maximum Gasteiger partial charge on any atom is 0.259 e. The van der Waals surface area contributed by atoms with Gasteiger partial charge in [-0.1, -0.05) is 6.07 Å². The minimum absolute atomic E-state index is 0.144. The summed E-state index contributed by atoms with van der Waals surface area (Å²) >= 11 is 1.55. The summed E-state index contributed by atoms with van der Waals surface area (Å²) in [6.07, 6.45) is 0. The Morgan fingerprint density at radius 1 is 1.39 bits per heavy atom. The number of hydrogen-bond donors (Lipinski definition) is 2. The molecule has 1 aromatic heterocycles. The van der Waals surface area contributed by atoms with Gasteiger partial charge in [-0.2, -0.15) is 11.3 Å². The van der Waals surface area contributed by atoms with Crippen molar-refractivity contribution in [2.75, 3.05) is 23.8 Å². The molecule has 0 saturated carbocycles. The molecule has 2 N–H and O–H groups in total. The second kappa shape index (κ2) is 4.70. The van der Waals surface area contributed by atoms with E-state index in [1.807, 2.05) is 29.0 Å². The molecule has 0 spiro atoms. The Balaban J connectivity index is 1.89. The molecule has 0 saturated heterocycles. The summed E-state index contributed by atoms with van der Waals surface area (Å²) in [6, 6.07) is 7.41. The van der Waals surface area contributed by atoms with Gasteiger partial charge in [-0.25, -0.2) is 0 Å². The Hall–Kier alpha value is -2.01. The van der Waals surface area contributed by atoms with Crippen LogP contribution in [-0.4, -0.2) is 19.1 Å². The van der Waals surface area contributed by atoms with Crippen molar-refractivity contribution in [3.63, 3.8) is 0 Å². The minimum atomic E-state index is -0.144. The van der Waals surface area contributed by atoms with Crippen LogP contribution in [0.25, 0.3) is 0 Å². The van der Waals surface area contributed by atoms with Crippen molar-refractivity contribution in [1.82, 2.24) is 0 Å². The van der Waals surface area contributed by atoms with Crippen LogP contribution in [0.2, 0.25) is 0 Å². The fraction of sp³-hybridized carbons (Fsp3) is 0.154. The zero-order chi connectivity index (χ0) is 12.4. The fourth-order valence-corrected chi connectivity index (χ4v) is 2.47. The lowest BCUT2D eigenvalue weighted by molar-refractivity contribution is 0.102. The van der Waals surface area contributed by atoms with E-state index in [1.54, 1.807) is 17.4 Å². The SMILES string of the molecule is O=C(Nc1ccsc1)c1cccc2c1OCCN2. The van der Waals surface area contributed by atoms with Crippen molar-refractivity contribution in [1.29, 1.82) is 0 Å². The summed E-state index contributed by atoms with van der Waals surface area (Å²) < 4.78 is 5.57. The summed E-state index contributed by atoms with van der Waals surface area (Å²) in [6.45, 7) is 1.35. The van der Waals surface area contributed by atoms with Gasteiger partial charge in [-0.05, 0) is 23.6 Å². The van der Waals surface area contributed by atoms with Crippen LogP contribution in [0.3, 0.4) is 0 Å². The second-order valence-electron chi connectivity index (χ2n) is 3.92. The van der Waals surface area contributed by atoms with E-state index in [1.165, 1.54) is 0 Å². The van der Waals surface area contributed by atoms with Crippen molar-refractivity contribution in [2.45, 2.75) is 0 Å². The van der Waals surface area contributed by atoms with Gasteiger partial charge in [0.25, 0.3) is 5.91 Å². The van der Waals surface area contributed by atoms with E-state index in [4.69, 9.17) is 4.74 Å². The lowest BCUT2D eigenvalue weighted by Crippen LogP contribution is -2.21. The predicted molar refractivity (Wildman–Crippen MR) is 72.7 cm³/mol. The highest BCUT2D eigenvalue weighted by Crippen LogP contribution is 2.31. The van der Waals surface area contributed by atoms with Crippen LogP contribution in [0.4, 0.5) is 11.4 Å². The molecule has 2 heterocycles. The number of fused-ring (bicyclic) bond motifs is 1.